The molecule has 0 fully saturated rings. The van der Waals surface area contributed by atoms with Crippen molar-refractivity contribution in [1.82, 2.24) is 0 Å². The largest absolute Gasteiger partial charge is 0.508 e. The summed E-state index contributed by atoms with van der Waals surface area (Å²) in [6.07, 6.45) is 2.92. The Morgan fingerprint density at radius 2 is 1.80 bits per heavy atom. The van der Waals surface area contributed by atoms with Gasteiger partial charge >= 0.3 is 0 Å². The Balaban J connectivity index is 0. The second kappa shape index (κ2) is 8.02. The predicted molar refractivity (Wildman–Crippen MR) is 47.1 cm³/mol. The molecule has 0 aliphatic rings. The zero-order valence-electron chi connectivity index (χ0n) is 7.02. The summed E-state index contributed by atoms with van der Waals surface area (Å²) >= 11 is 0. The van der Waals surface area contributed by atoms with Gasteiger partial charge in [0.1, 0.15) is 5.76 Å². The van der Waals surface area contributed by atoms with E-state index in [9.17, 15) is 0 Å². The van der Waals surface area contributed by atoms with Gasteiger partial charge in [0.15, 0.2) is 0 Å². The van der Waals surface area contributed by atoms with Gasteiger partial charge in [-0.05, 0) is 19.1 Å². The topological polar surface area (TPSA) is 20.2 Å². The number of hydrogen-bond acceptors (Lipinski definition) is 1. The summed E-state index contributed by atoms with van der Waals surface area (Å²) in [5.74, 6) is 0.164. The minimum Gasteiger partial charge on any atom is -0.508 e. The molecule has 0 bridgehead atoms. The van der Waals surface area contributed by atoms with E-state index >= 15 is 0 Å². The highest BCUT2D eigenvalue weighted by atomic mass is 16.3. The van der Waals surface area contributed by atoms with Crippen LogP contribution >= 0.6 is 0 Å². The van der Waals surface area contributed by atoms with Gasteiger partial charge in [0.25, 0.3) is 0 Å². The molecule has 0 spiro atoms. The summed E-state index contributed by atoms with van der Waals surface area (Å²) in [6, 6.07) is 0. The lowest BCUT2D eigenvalue weighted by Crippen LogP contribution is -1.71. The highest BCUT2D eigenvalue weighted by Crippen LogP contribution is 1.95. The van der Waals surface area contributed by atoms with Crippen LogP contribution in [0.15, 0.2) is 36.6 Å². The molecule has 10 heavy (non-hydrogen) atoms. The Bertz CT molecular complexity index is 132. The summed E-state index contributed by atoms with van der Waals surface area (Å²) in [7, 11) is 0. The van der Waals surface area contributed by atoms with Crippen LogP contribution in [0.2, 0.25) is 0 Å². The fourth-order valence-corrected chi connectivity index (χ4v) is 0.311. The number of hydrogen-bond donors (Lipinski definition) is 1. The fourth-order valence-electron chi connectivity index (χ4n) is 0.311. The van der Waals surface area contributed by atoms with Crippen LogP contribution in [0.1, 0.15) is 20.8 Å². The third-order valence-corrected chi connectivity index (χ3v) is 0.603. The van der Waals surface area contributed by atoms with Crippen LogP contribution in [0.25, 0.3) is 0 Å². The minimum absolute atomic E-state index is 0.164. The maximum atomic E-state index is 8.71. The van der Waals surface area contributed by atoms with E-state index in [4.69, 9.17) is 5.11 Å². The Morgan fingerprint density at radius 3 is 1.90 bits per heavy atom. The quantitative estimate of drug-likeness (QED) is 0.461. The van der Waals surface area contributed by atoms with Crippen molar-refractivity contribution in [2.75, 3.05) is 0 Å². The molecule has 1 N–H and O–H groups in total. The first-order valence-corrected chi connectivity index (χ1v) is 3.35. The molecule has 1 nitrogen and oxygen atoms in total. The molecule has 1 heteroatoms. The van der Waals surface area contributed by atoms with Crippen LogP contribution < -0.4 is 0 Å². The smallest absolute Gasteiger partial charge is 0.115 e. The maximum Gasteiger partial charge on any atom is 0.115 e. The van der Waals surface area contributed by atoms with Crippen LogP contribution in [0, 0.1) is 0 Å². The number of allylic oxidation sites excluding steroid dienone is 3. The third kappa shape index (κ3) is 10.1. The van der Waals surface area contributed by atoms with Crippen molar-refractivity contribution >= 4 is 0 Å². The molecular formula is C9H16O. The number of aliphatic hydroxyl groups is 1. The second-order valence-corrected chi connectivity index (χ2v) is 1.62. The van der Waals surface area contributed by atoms with E-state index in [1.54, 1.807) is 13.0 Å². The first-order valence-electron chi connectivity index (χ1n) is 3.35. The van der Waals surface area contributed by atoms with E-state index in [-0.39, 0.29) is 5.76 Å². The molecule has 0 saturated carbocycles. The molecule has 58 valence electrons. The average Bonchev–Trinajstić information content (AvgIpc) is 1.91. The van der Waals surface area contributed by atoms with E-state index in [0.717, 1.165) is 5.57 Å². The number of aliphatic hydroxyl groups excluding tert-OH is 1. The SMILES string of the molecule is C=C/C(O)=C\C(=C)C.CC. The fraction of sp³-hybridized carbons (Fsp3) is 0.333. The molecule has 0 aromatic rings. The van der Waals surface area contributed by atoms with Crippen molar-refractivity contribution in [2.24, 2.45) is 0 Å². The lowest BCUT2D eigenvalue weighted by molar-refractivity contribution is 0.432. The summed E-state index contributed by atoms with van der Waals surface area (Å²) < 4.78 is 0. The molecule has 0 amide bonds. The summed E-state index contributed by atoms with van der Waals surface area (Å²) in [4.78, 5) is 0. The summed E-state index contributed by atoms with van der Waals surface area (Å²) in [5.41, 5.74) is 0.822. The minimum atomic E-state index is 0.164. The molecular weight excluding hydrogens is 124 g/mol. The molecule has 0 aromatic heterocycles. The van der Waals surface area contributed by atoms with Gasteiger partial charge in [-0.25, -0.2) is 0 Å². The Morgan fingerprint density at radius 1 is 1.40 bits per heavy atom. The van der Waals surface area contributed by atoms with Crippen LogP contribution in [0.3, 0.4) is 0 Å². The Labute approximate surface area is 63.4 Å². The van der Waals surface area contributed by atoms with Crippen LogP contribution in [0.5, 0.6) is 0 Å². The van der Waals surface area contributed by atoms with Gasteiger partial charge in [-0.2, -0.15) is 0 Å². The normalized spacial score (nSPS) is 9.30. The van der Waals surface area contributed by atoms with Crippen LogP contribution in [-0.4, -0.2) is 5.11 Å². The van der Waals surface area contributed by atoms with Crippen molar-refractivity contribution in [3.63, 3.8) is 0 Å². The second-order valence-electron chi connectivity index (χ2n) is 1.62. The molecule has 0 radical (unpaired) electrons. The third-order valence-electron chi connectivity index (χ3n) is 0.603. The van der Waals surface area contributed by atoms with E-state index in [1.165, 1.54) is 6.08 Å². The molecule has 0 unspecified atom stereocenters. The Kier molecular flexibility index (Phi) is 9.44. The monoisotopic (exact) mass is 140 g/mol. The first kappa shape index (κ1) is 11.8. The van der Waals surface area contributed by atoms with Crippen molar-refractivity contribution in [3.05, 3.63) is 36.6 Å². The zero-order chi connectivity index (χ0) is 8.57. The summed E-state index contributed by atoms with van der Waals surface area (Å²) in [5, 5.41) is 8.71. The van der Waals surface area contributed by atoms with E-state index in [2.05, 4.69) is 13.2 Å². The highest BCUT2D eigenvalue weighted by molar-refractivity contribution is 5.20. The number of rotatable bonds is 2. The van der Waals surface area contributed by atoms with E-state index in [0.29, 0.717) is 0 Å². The van der Waals surface area contributed by atoms with Gasteiger partial charge in [0.05, 0.1) is 0 Å². The highest BCUT2D eigenvalue weighted by Gasteiger charge is 1.79. The van der Waals surface area contributed by atoms with Crippen LogP contribution in [-0.2, 0) is 0 Å². The maximum absolute atomic E-state index is 8.71. The zero-order valence-corrected chi connectivity index (χ0v) is 7.02. The molecule has 0 aromatic carbocycles. The lowest BCUT2D eigenvalue weighted by Gasteiger charge is -1.87. The van der Waals surface area contributed by atoms with Crippen molar-refractivity contribution in [2.45, 2.75) is 20.8 Å². The molecule has 0 aliphatic heterocycles. The Hall–Kier alpha value is -0.980. The average molecular weight is 140 g/mol. The van der Waals surface area contributed by atoms with Crippen LogP contribution in [0.4, 0.5) is 0 Å². The van der Waals surface area contributed by atoms with Gasteiger partial charge in [0.2, 0.25) is 0 Å². The molecule has 0 aliphatic carbocycles. The van der Waals surface area contributed by atoms with Gasteiger partial charge in [-0.3, -0.25) is 0 Å². The molecule has 0 heterocycles. The van der Waals surface area contributed by atoms with Gasteiger partial charge < -0.3 is 5.11 Å². The van der Waals surface area contributed by atoms with Crippen molar-refractivity contribution < 1.29 is 5.11 Å². The molecule has 0 saturated heterocycles. The van der Waals surface area contributed by atoms with Gasteiger partial charge in [-0.1, -0.05) is 32.6 Å². The van der Waals surface area contributed by atoms with Gasteiger partial charge in [0, 0.05) is 0 Å². The first-order chi connectivity index (χ1) is 4.66. The van der Waals surface area contributed by atoms with Gasteiger partial charge in [-0.15, -0.1) is 0 Å². The van der Waals surface area contributed by atoms with E-state index in [1.807, 2.05) is 13.8 Å². The van der Waals surface area contributed by atoms with E-state index < -0.39 is 0 Å². The standard InChI is InChI=1S/C7H10O.C2H6/c1-4-7(8)5-6(2)3;1-2/h4-5,8H,1-2H2,3H3;1-2H3/b7-5+;. The molecule has 0 atom stereocenters. The lowest BCUT2D eigenvalue weighted by atomic mass is 10.3. The van der Waals surface area contributed by atoms with Crippen molar-refractivity contribution in [3.8, 4) is 0 Å². The van der Waals surface area contributed by atoms with Crippen molar-refractivity contribution in [1.29, 1.82) is 0 Å². The predicted octanol–water partition coefficient (Wildman–Crippen LogP) is 3.22. The molecule has 0 rings (SSSR count). The summed E-state index contributed by atoms with van der Waals surface area (Å²) in [6.45, 7) is 12.7.